The minimum atomic E-state index is -4.71. The van der Waals surface area contributed by atoms with Crippen LogP contribution < -0.4 is 9.64 Å². The van der Waals surface area contributed by atoms with Crippen molar-refractivity contribution in [2.75, 3.05) is 11.9 Å². The molecule has 1 aromatic heterocycles. The third-order valence-electron chi connectivity index (χ3n) is 2.38. The number of carbonyl (C=O) groups excluding carboxylic acids is 1. The molecule has 0 N–H and O–H groups in total. The second-order valence-electron chi connectivity index (χ2n) is 3.77. The number of alkyl halides is 3. The van der Waals surface area contributed by atoms with Gasteiger partial charge < -0.3 is 9.64 Å². The van der Waals surface area contributed by atoms with E-state index in [-0.39, 0.29) is 5.75 Å². The first kappa shape index (κ1) is 14.3. The Labute approximate surface area is 116 Å². The zero-order chi connectivity index (χ0) is 14.8. The van der Waals surface area contributed by atoms with Gasteiger partial charge in [-0.2, -0.15) is 0 Å². The van der Waals surface area contributed by atoms with Gasteiger partial charge in [-0.15, -0.1) is 24.5 Å². The number of benzene rings is 1. The number of nitrogens with zero attached hydrogens (tertiary/aromatic N) is 2. The first-order valence-electron chi connectivity index (χ1n) is 5.39. The van der Waals surface area contributed by atoms with Crippen molar-refractivity contribution in [3.8, 4) is 5.75 Å². The van der Waals surface area contributed by atoms with E-state index in [0.29, 0.717) is 22.8 Å². The molecular weight excluding hydrogens is 293 g/mol. The quantitative estimate of drug-likeness (QED) is 0.809. The number of rotatable bonds is 4. The van der Waals surface area contributed by atoms with E-state index < -0.39 is 6.36 Å². The predicted molar refractivity (Wildman–Crippen MR) is 68.7 cm³/mol. The molecule has 0 atom stereocenters. The summed E-state index contributed by atoms with van der Waals surface area (Å²) in [7, 11) is 1.70. The highest BCUT2D eigenvalue weighted by Gasteiger charge is 2.31. The highest BCUT2D eigenvalue weighted by atomic mass is 32.1. The number of anilines is 2. The van der Waals surface area contributed by atoms with E-state index >= 15 is 0 Å². The van der Waals surface area contributed by atoms with Crippen LogP contribution in [0, 0.1) is 0 Å². The van der Waals surface area contributed by atoms with Crippen molar-refractivity contribution in [2.24, 2.45) is 0 Å². The van der Waals surface area contributed by atoms with Crippen LogP contribution in [0.4, 0.5) is 24.0 Å². The molecule has 0 radical (unpaired) electrons. The lowest BCUT2D eigenvalue weighted by atomic mass is 10.3. The molecule has 1 aromatic carbocycles. The lowest BCUT2D eigenvalue weighted by molar-refractivity contribution is -0.274. The van der Waals surface area contributed by atoms with Crippen molar-refractivity contribution in [2.45, 2.75) is 6.36 Å². The number of thiazole rings is 1. The first-order valence-corrected chi connectivity index (χ1v) is 6.27. The molecule has 0 saturated heterocycles. The van der Waals surface area contributed by atoms with Gasteiger partial charge in [0.1, 0.15) is 11.4 Å². The van der Waals surface area contributed by atoms with Gasteiger partial charge in [0, 0.05) is 18.1 Å². The average molecular weight is 302 g/mol. The van der Waals surface area contributed by atoms with Crippen molar-refractivity contribution in [3.05, 3.63) is 35.3 Å². The van der Waals surface area contributed by atoms with Crippen molar-refractivity contribution < 1.29 is 22.7 Å². The fourth-order valence-electron chi connectivity index (χ4n) is 1.47. The number of hydrogen-bond acceptors (Lipinski definition) is 5. The number of carbonyl (C=O) groups is 1. The maximum atomic E-state index is 12.0. The molecule has 0 aliphatic rings. The zero-order valence-corrected chi connectivity index (χ0v) is 11.0. The summed E-state index contributed by atoms with van der Waals surface area (Å²) in [6.07, 6.45) is -4.07. The largest absolute Gasteiger partial charge is 0.573 e. The Bertz CT molecular complexity index is 595. The van der Waals surface area contributed by atoms with Gasteiger partial charge in [-0.05, 0) is 24.3 Å². The summed E-state index contributed by atoms with van der Waals surface area (Å²) in [5, 5.41) is 2.16. The first-order chi connectivity index (χ1) is 9.39. The Kier molecular flexibility index (Phi) is 3.93. The van der Waals surface area contributed by atoms with E-state index in [1.807, 2.05) is 0 Å². The molecule has 0 bridgehead atoms. The highest BCUT2D eigenvalue weighted by molar-refractivity contribution is 7.14. The standard InChI is InChI=1S/C12H9F3N2O2S/c1-17(11-16-8(6-18)7-20-11)9-2-4-10(5-3-9)19-12(13,14)15/h2-7H,1H3. The van der Waals surface area contributed by atoms with Gasteiger partial charge >= 0.3 is 6.36 Å². The summed E-state index contributed by atoms with van der Waals surface area (Å²) in [6.45, 7) is 0. The molecule has 0 aliphatic heterocycles. The van der Waals surface area contributed by atoms with Crippen LogP contribution in [-0.2, 0) is 0 Å². The summed E-state index contributed by atoms with van der Waals surface area (Å²) in [5.74, 6) is -0.289. The predicted octanol–water partition coefficient (Wildman–Crippen LogP) is 3.62. The van der Waals surface area contributed by atoms with Crippen molar-refractivity contribution in [3.63, 3.8) is 0 Å². The monoisotopic (exact) mass is 302 g/mol. The van der Waals surface area contributed by atoms with Crippen LogP contribution in [0.2, 0.25) is 0 Å². The van der Waals surface area contributed by atoms with Crippen LogP contribution in [0.5, 0.6) is 5.75 Å². The molecule has 2 rings (SSSR count). The van der Waals surface area contributed by atoms with E-state index in [0.717, 1.165) is 0 Å². The minimum absolute atomic E-state index is 0.289. The number of aromatic nitrogens is 1. The van der Waals surface area contributed by atoms with Crippen LogP contribution in [0.1, 0.15) is 10.5 Å². The van der Waals surface area contributed by atoms with E-state index in [2.05, 4.69) is 9.72 Å². The summed E-state index contributed by atoms with van der Waals surface area (Å²) in [5.41, 5.74) is 0.945. The molecule has 0 fully saturated rings. The Morgan fingerprint density at radius 1 is 1.30 bits per heavy atom. The second-order valence-corrected chi connectivity index (χ2v) is 4.61. The number of aldehydes is 1. The maximum absolute atomic E-state index is 12.0. The Hall–Kier alpha value is -2.09. The molecule has 0 spiro atoms. The van der Waals surface area contributed by atoms with Crippen molar-refractivity contribution in [1.29, 1.82) is 0 Å². The molecule has 4 nitrogen and oxygen atoms in total. The van der Waals surface area contributed by atoms with Gasteiger partial charge in [0.2, 0.25) is 0 Å². The molecule has 0 unspecified atom stereocenters. The Balaban J connectivity index is 2.14. The molecule has 2 aromatic rings. The zero-order valence-electron chi connectivity index (χ0n) is 10.2. The lowest BCUT2D eigenvalue weighted by Crippen LogP contribution is -2.17. The number of hydrogen-bond donors (Lipinski definition) is 0. The second kappa shape index (κ2) is 5.49. The highest BCUT2D eigenvalue weighted by Crippen LogP contribution is 2.29. The van der Waals surface area contributed by atoms with Gasteiger partial charge in [-0.25, -0.2) is 4.98 Å². The van der Waals surface area contributed by atoms with E-state index in [9.17, 15) is 18.0 Å². The van der Waals surface area contributed by atoms with Crippen LogP contribution in [0.15, 0.2) is 29.6 Å². The van der Waals surface area contributed by atoms with Gasteiger partial charge in [0.05, 0.1) is 0 Å². The molecule has 1 heterocycles. The number of ether oxygens (including phenoxy) is 1. The maximum Gasteiger partial charge on any atom is 0.573 e. The third kappa shape index (κ3) is 3.47. The molecule has 0 aliphatic carbocycles. The molecule has 20 heavy (non-hydrogen) atoms. The summed E-state index contributed by atoms with van der Waals surface area (Å²) in [4.78, 5) is 16.3. The van der Waals surface area contributed by atoms with E-state index in [4.69, 9.17) is 0 Å². The third-order valence-corrected chi connectivity index (χ3v) is 3.31. The molecule has 0 amide bonds. The SMILES string of the molecule is CN(c1ccc(OC(F)(F)F)cc1)c1nc(C=O)cs1. The summed E-state index contributed by atoms with van der Waals surface area (Å²) in [6, 6.07) is 5.38. The molecular formula is C12H9F3N2O2S. The van der Waals surface area contributed by atoms with Crippen LogP contribution in [0.25, 0.3) is 0 Å². The van der Waals surface area contributed by atoms with Gasteiger partial charge in [-0.1, -0.05) is 0 Å². The minimum Gasteiger partial charge on any atom is -0.406 e. The lowest BCUT2D eigenvalue weighted by Gasteiger charge is -2.16. The topological polar surface area (TPSA) is 42.4 Å². The van der Waals surface area contributed by atoms with E-state index in [1.165, 1.54) is 35.6 Å². The van der Waals surface area contributed by atoms with Crippen LogP contribution >= 0.6 is 11.3 Å². The van der Waals surface area contributed by atoms with Crippen LogP contribution in [0.3, 0.4) is 0 Å². The molecule has 8 heteroatoms. The van der Waals surface area contributed by atoms with Gasteiger partial charge in [0.15, 0.2) is 11.4 Å². The van der Waals surface area contributed by atoms with Gasteiger partial charge in [0.25, 0.3) is 0 Å². The number of halogens is 3. The molecule has 106 valence electrons. The summed E-state index contributed by atoms with van der Waals surface area (Å²) < 4.78 is 39.9. The summed E-state index contributed by atoms with van der Waals surface area (Å²) >= 11 is 1.26. The average Bonchev–Trinajstić information content (AvgIpc) is 2.85. The Morgan fingerprint density at radius 2 is 1.95 bits per heavy atom. The van der Waals surface area contributed by atoms with Crippen molar-refractivity contribution >= 4 is 28.4 Å². The normalized spacial score (nSPS) is 11.2. The Morgan fingerprint density at radius 3 is 2.45 bits per heavy atom. The van der Waals surface area contributed by atoms with Gasteiger partial charge in [-0.3, -0.25) is 4.79 Å². The fourth-order valence-corrected chi connectivity index (χ4v) is 2.22. The van der Waals surface area contributed by atoms with E-state index in [1.54, 1.807) is 17.3 Å². The fraction of sp³-hybridized carbons (Fsp3) is 0.167. The van der Waals surface area contributed by atoms with Crippen LogP contribution in [-0.4, -0.2) is 24.7 Å². The van der Waals surface area contributed by atoms with Crippen molar-refractivity contribution in [1.82, 2.24) is 4.98 Å². The molecule has 0 saturated carbocycles. The smallest absolute Gasteiger partial charge is 0.406 e.